The number of nitrogens with one attached hydrogen (secondary N) is 1. The molecule has 0 radical (unpaired) electrons. The lowest BCUT2D eigenvalue weighted by Crippen LogP contribution is -2.47. The highest BCUT2D eigenvalue weighted by atomic mass is 79.9. The summed E-state index contributed by atoms with van der Waals surface area (Å²) < 4.78 is 0.862. The molecule has 0 unspecified atom stereocenters. The second kappa shape index (κ2) is 8.39. The van der Waals surface area contributed by atoms with Gasteiger partial charge in [-0.15, -0.1) is 0 Å². The Morgan fingerprint density at radius 2 is 1.57 bits per heavy atom. The molecule has 0 spiro atoms. The molecule has 3 aromatic rings. The van der Waals surface area contributed by atoms with E-state index in [-0.39, 0.29) is 5.91 Å². The van der Waals surface area contributed by atoms with E-state index in [4.69, 9.17) is 0 Å². The summed E-state index contributed by atoms with van der Waals surface area (Å²) in [6.45, 7) is 3.57. The molecule has 7 heteroatoms. The molecule has 6 nitrogen and oxygen atoms in total. The van der Waals surface area contributed by atoms with Crippen molar-refractivity contribution in [2.75, 3.05) is 41.3 Å². The van der Waals surface area contributed by atoms with E-state index in [2.05, 4.69) is 65.3 Å². The number of hydrogen-bond donors (Lipinski definition) is 1. The number of para-hydroxylation sites is 1. The summed E-state index contributed by atoms with van der Waals surface area (Å²) in [6.07, 6.45) is 3.31. The Balaban J connectivity index is 1.35. The summed E-state index contributed by atoms with van der Waals surface area (Å²) in [7, 11) is 0. The minimum atomic E-state index is -0.186. The van der Waals surface area contributed by atoms with Crippen molar-refractivity contribution in [2.24, 2.45) is 0 Å². The molecule has 1 aromatic heterocycles. The Morgan fingerprint density at radius 3 is 2.25 bits per heavy atom. The zero-order valence-electron chi connectivity index (χ0n) is 15.3. The first kappa shape index (κ1) is 18.4. The van der Waals surface area contributed by atoms with Gasteiger partial charge in [-0.25, -0.2) is 9.97 Å². The number of carbonyl (C=O) groups is 1. The molecule has 1 amide bonds. The molecule has 2 aromatic carbocycles. The highest BCUT2D eigenvalue weighted by molar-refractivity contribution is 9.10. The topological polar surface area (TPSA) is 61.4 Å². The molecule has 0 saturated carbocycles. The van der Waals surface area contributed by atoms with Gasteiger partial charge in [0, 0.05) is 41.9 Å². The molecule has 0 bridgehead atoms. The molecule has 0 atom stereocenters. The SMILES string of the molecule is O=C(Nc1cnc(N2CCN(c3ccccc3)CC2)nc1)c1cccc(Br)c1. The second-order valence-electron chi connectivity index (χ2n) is 6.55. The normalized spacial score (nSPS) is 14.0. The molecule has 142 valence electrons. The Bertz CT molecular complexity index is 941. The number of hydrogen-bond acceptors (Lipinski definition) is 5. The van der Waals surface area contributed by atoms with Crippen LogP contribution < -0.4 is 15.1 Å². The molecule has 2 heterocycles. The highest BCUT2D eigenvalue weighted by Gasteiger charge is 2.19. The van der Waals surface area contributed by atoms with Crippen LogP contribution in [0.4, 0.5) is 17.3 Å². The first-order chi connectivity index (χ1) is 13.7. The summed E-state index contributed by atoms with van der Waals surface area (Å²) in [5, 5.41) is 2.83. The first-order valence-electron chi connectivity index (χ1n) is 9.13. The fourth-order valence-electron chi connectivity index (χ4n) is 3.19. The largest absolute Gasteiger partial charge is 0.368 e. The van der Waals surface area contributed by atoms with E-state index in [1.807, 2.05) is 18.2 Å². The van der Waals surface area contributed by atoms with Crippen molar-refractivity contribution in [3.63, 3.8) is 0 Å². The van der Waals surface area contributed by atoms with E-state index in [1.54, 1.807) is 24.5 Å². The van der Waals surface area contributed by atoms with Gasteiger partial charge < -0.3 is 15.1 Å². The van der Waals surface area contributed by atoms with Gasteiger partial charge in [0.05, 0.1) is 18.1 Å². The van der Waals surface area contributed by atoms with E-state index >= 15 is 0 Å². The van der Waals surface area contributed by atoms with Crippen molar-refractivity contribution in [1.82, 2.24) is 9.97 Å². The quantitative estimate of drug-likeness (QED) is 0.671. The lowest BCUT2D eigenvalue weighted by Gasteiger charge is -2.36. The second-order valence-corrected chi connectivity index (χ2v) is 7.46. The number of nitrogens with zero attached hydrogens (tertiary/aromatic N) is 4. The van der Waals surface area contributed by atoms with Crippen LogP contribution in [0, 0.1) is 0 Å². The van der Waals surface area contributed by atoms with Crippen LogP contribution in [0.3, 0.4) is 0 Å². The molecule has 1 fully saturated rings. The third kappa shape index (κ3) is 4.31. The molecule has 1 N–H and O–H groups in total. The number of piperazine rings is 1. The van der Waals surface area contributed by atoms with Crippen molar-refractivity contribution >= 4 is 39.2 Å². The highest BCUT2D eigenvalue weighted by Crippen LogP contribution is 2.19. The number of rotatable bonds is 4. The van der Waals surface area contributed by atoms with Crippen molar-refractivity contribution in [2.45, 2.75) is 0 Å². The van der Waals surface area contributed by atoms with Gasteiger partial charge in [0.1, 0.15) is 0 Å². The monoisotopic (exact) mass is 437 g/mol. The van der Waals surface area contributed by atoms with Crippen LogP contribution in [0.15, 0.2) is 71.5 Å². The molecule has 28 heavy (non-hydrogen) atoms. The van der Waals surface area contributed by atoms with Gasteiger partial charge in [0.25, 0.3) is 5.91 Å². The lowest BCUT2D eigenvalue weighted by molar-refractivity contribution is 0.102. The number of carbonyl (C=O) groups excluding carboxylic acids is 1. The van der Waals surface area contributed by atoms with Crippen LogP contribution in [0.5, 0.6) is 0 Å². The zero-order chi connectivity index (χ0) is 19.3. The number of aromatic nitrogens is 2. The molecule has 1 aliphatic rings. The van der Waals surface area contributed by atoms with Crippen LogP contribution >= 0.6 is 15.9 Å². The fraction of sp³-hybridized carbons (Fsp3) is 0.190. The Labute approximate surface area is 172 Å². The van der Waals surface area contributed by atoms with E-state index in [0.29, 0.717) is 17.2 Å². The number of amides is 1. The van der Waals surface area contributed by atoms with Gasteiger partial charge in [0.2, 0.25) is 5.95 Å². The van der Waals surface area contributed by atoms with Gasteiger partial charge in [-0.2, -0.15) is 0 Å². The fourth-order valence-corrected chi connectivity index (χ4v) is 3.58. The Hall–Kier alpha value is -2.93. The zero-order valence-corrected chi connectivity index (χ0v) is 16.8. The summed E-state index contributed by atoms with van der Waals surface area (Å²) >= 11 is 3.37. The van der Waals surface area contributed by atoms with Crippen LogP contribution in [0.2, 0.25) is 0 Å². The van der Waals surface area contributed by atoms with Gasteiger partial charge in [-0.3, -0.25) is 4.79 Å². The minimum Gasteiger partial charge on any atom is -0.368 e. The Morgan fingerprint density at radius 1 is 0.893 bits per heavy atom. The third-order valence-electron chi connectivity index (χ3n) is 4.67. The predicted octanol–water partition coefficient (Wildman–Crippen LogP) is 3.82. The van der Waals surface area contributed by atoms with Crippen LogP contribution in [0.25, 0.3) is 0 Å². The number of anilines is 3. The standard InChI is InChI=1S/C21H20BrN5O/c22-17-6-4-5-16(13-17)20(28)25-18-14-23-21(24-15-18)27-11-9-26(10-12-27)19-7-2-1-3-8-19/h1-8,13-15H,9-12H2,(H,25,28). The van der Waals surface area contributed by atoms with Crippen molar-refractivity contribution < 1.29 is 4.79 Å². The maximum Gasteiger partial charge on any atom is 0.255 e. The smallest absolute Gasteiger partial charge is 0.255 e. The molecule has 1 aliphatic heterocycles. The van der Waals surface area contributed by atoms with E-state index in [9.17, 15) is 4.79 Å². The molecular weight excluding hydrogens is 418 g/mol. The molecule has 0 aliphatic carbocycles. The van der Waals surface area contributed by atoms with E-state index in [0.717, 1.165) is 30.7 Å². The average Bonchev–Trinajstić information content (AvgIpc) is 2.75. The summed E-state index contributed by atoms with van der Waals surface area (Å²) in [5.41, 5.74) is 2.40. The van der Waals surface area contributed by atoms with Gasteiger partial charge >= 0.3 is 0 Å². The maximum atomic E-state index is 12.3. The Kier molecular flexibility index (Phi) is 5.53. The lowest BCUT2D eigenvalue weighted by atomic mass is 10.2. The predicted molar refractivity (Wildman–Crippen MR) is 115 cm³/mol. The summed E-state index contributed by atoms with van der Waals surface area (Å²) in [4.78, 5) is 25.7. The van der Waals surface area contributed by atoms with Crippen LogP contribution in [-0.4, -0.2) is 42.1 Å². The molecular formula is C21H20BrN5O. The summed E-state index contributed by atoms with van der Waals surface area (Å²) in [6, 6.07) is 17.7. The van der Waals surface area contributed by atoms with Gasteiger partial charge in [0.15, 0.2) is 0 Å². The third-order valence-corrected chi connectivity index (χ3v) is 5.16. The molecule has 1 saturated heterocycles. The maximum absolute atomic E-state index is 12.3. The van der Waals surface area contributed by atoms with E-state index < -0.39 is 0 Å². The first-order valence-corrected chi connectivity index (χ1v) is 9.92. The average molecular weight is 438 g/mol. The molecule has 4 rings (SSSR count). The van der Waals surface area contributed by atoms with Gasteiger partial charge in [-0.1, -0.05) is 40.2 Å². The van der Waals surface area contributed by atoms with Crippen molar-refractivity contribution in [3.8, 4) is 0 Å². The van der Waals surface area contributed by atoms with Crippen molar-refractivity contribution in [3.05, 3.63) is 77.0 Å². The summed E-state index contributed by atoms with van der Waals surface area (Å²) in [5.74, 6) is 0.502. The van der Waals surface area contributed by atoms with Crippen molar-refractivity contribution in [1.29, 1.82) is 0 Å². The number of halogens is 1. The minimum absolute atomic E-state index is 0.186. The van der Waals surface area contributed by atoms with E-state index in [1.165, 1.54) is 5.69 Å². The number of benzene rings is 2. The van der Waals surface area contributed by atoms with Gasteiger partial charge in [-0.05, 0) is 30.3 Å². The van der Waals surface area contributed by atoms with Crippen LogP contribution in [-0.2, 0) is 0 Å². The van der Waals surface area contributed by atoms with Crippen LogP contribution in [0.1, 0.15) is 10.4 Å².